The standard InChI is InChI=1S/C18H38BO2Si.Li/c1-18(2,3)22(5,6)21-15-9-14-19(20-4)16-10-7-11-17(19)13-8-12-16;/h16-17H,7-15H2,1-6H3;/q-1;+1. The maximum absolute atomic E-state index is 6.39. The molecule has 0 aromatic carbocycles. The maximum Gasteiger partial charge on any atom is 1.00 e. The molecule has 2 bridgehead atoms. The van der Waals surface area contributed by atoms with Gasteiger partial charge in [0.2, 0.25) is 0 Å². The van der Waals surface area contributed by atoms with Crippen molar-refractivity contribution in [2.24, 2.45) is 0 Å². The van der Waals surface area contributed by atoms with Gasteiger partial charge in [0.25, 0.3) is 0 Å². The number of fused-ring (bicyclic) bond motifs is 2. The SMILES string of the molecule is CO[B-]1(CCCO[Si](C)(C)C(C)(C)C)C2CCCC1CCC2.[Li+]. The second-order valence-electron chi connectivity index (χ2n) is 9.47. The summed E-state index contributed by atoms with van der Waals surface area (Å²) in [6.07, 6.45) is 10.4. The molecule has 2 nitrogen and oxygen atoms in total. The van der Waals surface area contributed by atoms with E-state index in [0.29, 0.717) is 5.04 Å². The first-order valence-electron chi connectivity index (χ1n) is 9.59. The van der Waals surface area contributed by atoms with Gasteiger partial charge < -0.3 is 9.08 Å². The molecule has 2 heterocycles. The van der Waals surface area contributed by atoms with Gasteiger partial charge in [0.05, 0.1) is 0 Å². The molecule has 2 rings (SSSR count). The summed E-state index contributed by atoms with van der Waals surface area (Å²) in [6, 6.07) is 0. The van der Waals surface area contributed by atoms with Crippen molar-refractivity contribution in [1.29, 1.82) is 0 Å². The zero-order valence-corrected chi connectivity index (χ0v) is 17.9. The fourth-order valence-electron chi connectivity index (χ4n) is 5.01. The van der Waals surface area contributed by atoms with E-state index >= 15 is 0 Å². The first kappa shape index (κ1) is 21.8. The predicted molar refractivity (Wildman–Crippen MR) is 101 cm³/mol. The van der Waals surface area contributed by atoms with Gasteiger partial charge in [0, 0.05) is 6.61 Å². The molecule has 0 aliphatic carbocycles. The third-order valence-corrected chi connectivity index (χ3v) is 11.9. The number of hydrogen-bond donors (Lipinski definition) is 0. The Kier molecular flexibility index (Phi) is 8.03. The van der Waals surface area contributed by atoms with Crippen LogP contribution in [0.15, 0.2) is 0 Å². The maximum atomic E-state index is 6.39. The van der Waals surface area contributed by atoms with E-state index in [0.717, 1.165) is 18.2 Å². The van der Waals surface area contributed by atoms with Crippen LogP contribution in [0.1, 0.15) is 65.7 Å². The average molecular weight is 332 g/mol. The largest absolute Gasteiger partial charge is 1.00 e. The van der Waals surface area contributed by atoms with E-state index in [4.69, 9.17) is 9.08 Å². The molecule has 0 unspecified atom stereocenters. The van der Waals surface area contributed by atoms with Crippen LogP contribution in [0.5, 0.6) is 0 Å². The van der Waals surface area contributed by atoms with Crippen LogP contribution in [0.4, 0.5) is 0 Å². The van der Waals surface area contributed by atoms with Crippen molar-refractivity contribution < 1.29 is 27.9 Å². The fourth-order valence-corrected chi connectivity index (χ4v) is 6.09. The molecule has 0 saturated carbocycles. The molecule has 5 heteroatoms. The monoisotopic (exact) mass is 332 g/mol. The normalized spacial score (nSPS) is 31.6. The molecule has 2 aliphatic rings. The number of rotatable bonds is 6. The zero-order chi connectivity index (χ0) is 16.4. The van der Waals surface area contributed by atoms with Crippen molar-refractivity contribution in [2.75, 3.05) is 13.7 Å². The Morgan fingerprint density at radius 2 is 1.48 bits per heavy atom. The van der Waals surface area contributed by atoms with Gasteiger partial charge in [-0.25, -0.2) is 0 Å². The van der Waals surface area contributed by atoms with Gasteiger partial charge >= 0.3 is 18.9 Å². The third kappa shape index (κ3) is 4.70. The summed E-state index contributed by atoms with van der Waals surface area (Å²) < 4.78 is 12.7. The Hall–Kier alpha value is 0.799. The molecular formula is C18H38BLiO2Si. The van der Waals surface area contributed by atoms with Gasteiger partial charge in [0.15, 0.2) is 8.32 Å². The minimum Gasteiger partial charge on any atom is -0.592 e. The van der Waals surface area contributed by atoms with E-state index in [9.17, 15) is 0 Å². The van der Waals surface area contributed by atoms with Crippen LogP contribution in [0, 0.1) is 0 Å². The first-order chi connectivity index (χ1) is 10.2. The molecule has 2 saturated heterocycles. The van der Waals surface area contributed by atoms with Crippen LogP contribution in [0.25, 0.3) is 0 Å². The van der Waals surface area contributed by atoms with Crippen molar-refractivity contribution >= 4 is 14.7 Å². The van der Waals surface area contributed by atoms with E-state index in [1.807, 2.05) is 7.11 Å². The molecule has 0 amide bonds. The Labute approximate surface area is 158 Å². The molecule has 130 valence electrons. The van der Waals surface area contributed by atoms with Gasteiger partial charge in [-0.1, -0.05) is 65.7 Å². The summed E-state index contributed by atoms with van der Waals surface area (Å²) in [6.45, 7) is 12.6. The van der Waals surface area contributed by atoms with Gasteiger partial charge in [-0.15, -0.1) is 11.6 Å². The molecule has 23 heavy (non-hydrogen) atoms. The molecule has 0 spiro atoms. The minimum atomic E-state index is -1.59. The molecule has 2 fully saturated rings. The molecular weight excluding hydrogens is 294 g/mol. The quantitative estimate of drug-likeness (QED) is 0.550. The molecule has 0 radical (unpaired) electrons. The van der Waals surface area contributed by atoms with E-state index in [1.165, 1.54) is 51.3 Å². The zero-order valence-electron chi connectivity index (χ0n) is 16.9. The first-order valence-corrected chi connectivity index (χ1v) is 12.5. The smallest absolute Gasteiger partial charge is 0.592 e. The minimum absolute atomic E-state index is 0. The summed E-state index contributed by atoms with van der Waals surface area (Å²) in [5.41, 5.74) is 0. The average Bonchev–Trinajstić information content (AvgIpc) is 2.41. The molecule has 2 aliphatic heterocycles. The topological polar surface area (TPSA) is 18.5 Å². The van der Waals surface area contributed by atoms with E-state index < -0.39 is 14.7 Å². The van der Waals surface area contributed by atoms with E-state index in [1.54, 1.807) is 0 Å². The number of hydrogen-bond acceptors (Lipinski definition) is 2. The van der Waals surface area contributed by atoms with Gasteiger partial charge in [-0.3, -0.25) is 0 Å². The van der Waals surface area contributed by atoms with Crippen molar-refractivity contribution in [3.8, 4) is 0 Å². The Bertz CT molecular complexity index is 349. The van der Waals surface area contributed by atoms with Gasteiger partial charge in [0.1, 0.15) is 6.35 Å². The van der Waals surface area contributed by atoms with Crippen LogP contribution >= 0.6 is 0 Å². The van der Waals surface area contributed by atoms with Crippen LogP contribution < -0.4 is 18.9 Å². The van der Waals surface area contributed by atoms with Crippen molar-refractivity contribution in [2.45, 2.75) is 102 Å². The summed E-state index contributed by atoms with van der Waals surface area (Å²) in [5, 5.41) is 0.318. The van der Waals surface area contributed by atoms with Gasteiger partial charge in [-0.2, -0.15) is 6.32 Å². The van der Waals surface area contributed by atoms with Crippen LogP contribution in [0.2, 0.25) is 36.1 Å². The van der Waals surface area contributed by atoms with Crippen LogP contribution in [0.3, 0.4) is 0 Å². The summed E-state index contributed by atoms with van der Waals surface area (Å²) in [5.74, 6) is 1.73. The van der Waals surface area contributed by atoms with E-state index in [2.05, 4.69) is 33.9 Å². The Balaban J connectivity index is 0.00000264. The molecule has 0 N–H and O–H groups in total. The molecule has 0 atom stereocenters. The molecule has 0 aromatic heterocycles. The fraction of sp³-hybridized carbons (Fsp3) is 1.00. The van der Waals surface area contributed by atoms with E-state index in [-0.39, 0.29) is 18.9 Å². The van der Waals surface area contributed by atoms with Crippen LogP contribution in [-0.4, -0.2) is 28.4 Å². The second-order valence-corrected chi connectivity index (χ2v) is 14.3. The van der Waals surface area contributed by atoms with Crippen molar-refractivity contribution in [1.82, 2.24) is 0 Å². The predicted octanol–water partition coefficient (Wildman–Crippen LogP) is 3.10. The van der Waals surface area contributed by atoms with Gasteiger partial charge in [-0.05, 0) is 25.2 Å². The Morgan fingerprint density at radius 3 is 1.87 bits per heavy atom. The van der Waals surface area contributed by atoms with Crippen molar-refractivity contribution in [3.63, 3.8) is 0 Å². The Morgan fingerprint density at radius 1 is 1.00 bits per heavy atom. The molecule has 0 aromatic rings. The summed E-state index contributed by atoms with van der Waals surface area (Å²) >= 11 is 0. The third-order valence-electron chi connectivity index (χ3n) is 7.40. The van der Waals surface area contributed by atoms with Crippen molar-refractivity contribution in [3.05, 3.63) is 0 Å². The second kappa shape index (κ2) is 8.45. The summed E-state index contributed by atoms with van der Waals surface area (Å²) in [7, 11) is 0.403. The summed E-state index contributed by atoms with van der Waals surface area (Å²) in [4.78, 5) is 0. The van der Waals surface area contributed by atoms with Crippen LogP contribution in [-0.2, 0) is 9.08 Å².